The summed E-state index contributed by atoms with van der Waals surface area (Å²) in [5, 5.41) is 1.03. The third-order valence-electron chi connectivity index (χ3n) is 7.43. The van der Waals surface area contributed by atoms with Gasteiger partial charge >= 0.3 is 5.97 Å². The quantitative estimate of drug-likeness (QED) is 0.117. The van der Waals surface area contributed by atoms with Crippen LogP contribution >= 0.6 is 34.5 Å². The average molecular weight is 710 g/mol. The highest BCUT2D eigenvalue weighted by molar-refractivity contribution is 7.07. The van der Waals surface area contributed by atoms with E-state index in [-0.39, 0.29) is 17.7 Å². The first kappa shape index (κ1) is 34.8. The number of carbonyl (C=O) groups is 1. The largest absolute Gasteiger partial charge is 0.493 e. The zero-order valence-corrected chi connectivity index (χ0v) is 29.2. The number of nitrogens with zero attached hydrogens (tertiary/aromatic N) is 2. The molecule has 0 bridgehead atoms. The fraction of sp³-hybridized carbons (Fsp3) is 0.250. The van der Waals surface area contributed by atoms with Gasteiger partial charge in [0.1, 0.15) is 6.61 Å². The lowest BCUT2D eigenvalue weighted by molar-refractivity contribution is -0.136. The van der Waals surface area contributed by atoms with E-state index in [4.69, 9.17) is 46.9 Å². The van der Waals surface area contributed by atoms with Crippen molar-refractivity contribution >= 4 is 46.6 Å². The number of benzene rings is 3. The molecule has 1 atom stereocenters. The van der Waals surface area contributed by atoms with Crippen LogP contribution in [0, 0.1) is 0 Å². The smallest absolute Gasteiger partial charge is 0.337 e. The number of ether oxygens (including phenoxy) is 5. The average Bonchev–Trinajstić information content (AvgIpc) is 3.39. The van der Waals surface area contributed by atoms with Crippen molar-refractivity contribution in [1.29, 1.82) is 0 Å². The maximum Gasteiger partial charge on any atom is 0.337 e. The van der Waals surface area contributed by atoms with E-state index in [1.165, 1.54) is 29.2 Å². The summed E-state index contributed by atoms with van der Waals surface area (Å²) in [7, 11) is 2.84. The first-order valence-corrected chi connectivity index (χ1v) is 16.7. The number of hydrogen-bond donors (Lipinski definition) is 0. The molecule has 0 saturated carbocycles. The highest BCUT2D eigenvalue weighted by Crippen LogP contribution is 2.37. The van der Waals surface area contributed by atoms with Crippen LogP contribution in [0.1, 0.15) is 42.1 Å². The monoisotopic (exact) mass is 708 g/mol. The summed E-state index contributed by atoms with van der Waals surface area (Å²) >= 11 is 13.6. The predicted molar refractivity (Wildman–Crippen MR) is 188 cm³/mol. The van der Waals surface area contributed by atoms with Crippen LogP contribution in [-0.4, -0.2) is 38.0 Å². The molecule has 250 valence electrons. The molecule has 0 aliphatic carbocycles. The Kier molecular flexibility index (Phi) is 11.3. The Morgan fingerprint density at radius 1 is 0.979 bits per heavy atom. The second-order valence-electron chi connectivity index (χ2n) is 10.5. The van der Waals surface area contributed by atoms with Crippen molar-refractivity contribution in [3.05, 3.63) is 125 Å². The fourth-order valence-electron chi connectivity index (χ4n) is 5.32. The molecule has 1 aromatic heterocycles. The zero-order valence-electron chi connectivity index (χ0n) is 26.9. The standard InChI is InChI=1S/C36H34Cl2N2O7S/c1-6-9-23-14-21(15-30(43-4)33(23)47-20-24-10-12-25(37)18-27(24)38)16-31-34(41)40-32(26(35(42)44-5)19-39-36(40)48-31)22-11-13-28(45-7-2)29(17-22)46-8-3/h6,10-19,32H,1,7-9,20H2,2-5H3/b31-16-/t32-/m0/s1. The van der Waals surface area contributed by atoms with Crippen molar-refractivity contribution in [3.8, 4) is 23.0 Å². The molecule has 48 heavy (non-hydrogen) atoms. The van der Waals surface area contributed by atoms with Crippen molar-refractivity contribution in [1.82, 2.24) is 4.57 Å². The predicted octanol–water partition coefficient (Wildman–Crippen LogP) is 6.44. The summed E-state index contributed by atoms with van der Waals surface area (Å²) in [6, 6.07) is 13.5. The summed E-state index contributed by atoms with van der Waals surface area (Å²) in [5.74, 6) is 1.47. The van der Waals surface area contributed by atoms with E-state index < -0.39 is 12.0 Å². The molecule has 0 spiro atoms. The van der Waals surface area contributed by atoms with E-state index in [1.807, 2.05) is 26.0 Å². The minimum atomic E-state index is -0.813. The molecule has 1 aliphatic rings. The maximum absolute atomic E-state index is 14.1. The zero-order chi connectivity index (χ0) is 34.4. The van der Waals surface area contributed by atoms with Gasteiger partial charge in [0.25, 0.3) is 5.56 Å². The number of esters is 1. The Balaban J connectivity index is 1.59. The fourth-order valence-corrected chi connectivity index (χ4v) is 6.75. The highest BCUT2D eigenvalue weighted by atomic mass is 35.5. The number of allylic oxidation sites excluding steroid dienone is 1. The van der Waals surface area contributed by atoms with Crippen LogP contribution in [-0.2, 0) is 22.6 Å². The Morgan fingerprint density at radius 3 is 2.44 bits per heavy atom. The van der Waals surface area contributed by atoms with Crippen molar-refractivity contribution in [2.45, 2.75) is 32.9 Å². The molecule has 12 heteroatoms. The Hall–Kier alpha value is -4.51. The lowest BCUT2D eigenvalue weighted by Crippen LogP contribution is -2.39. The van der Waals surface area contributed by atoms with Gasteiger partial charge in [-0.15, -0.1) is 6.58 Å². The molecule has 0 unspecified atom stereocenters. The number of fused-ring (bicyclic) bond motifs is 1. The third-order valence-corrected chi connectivity index (χ3v) is 9.02. The normalized spacial score (nSPS) is 14.0. The number of halogens is 2. The number of thiazole rings is 1. The van der Waals surface area contributed by atoms with Crippen LogP contribution in [0.3, 0.4) is 0 Å². The summed E-state index contributed by atoms with van der Waals surface area (Å²) in [6.45, 7) is 8.69. The molecule has 2 heterocycles. The van der Waals surface area contributed by atoms with Crippen LogP contribution in [0.2, 0.25) is 10.0 Å². The molecule has 1 aliphatic heterocycles. The van der Waals surface area contributed by atoms with Crippen LogP contribution < -0.4 is 33.8 Å². The lowest BCUT2D eigenvalue weighted by Gasteiger charge is -2.23. The first-order valence-electron chi connectivity index (χ1n) is 15.1. The van der Waals surface area contributed by atoms with Crippen LogP contribution in [0.15, 0.2) is 82.7 Å². The molecule has 0 N–H and O–H groups in total. The van der Waals surface area contributed by atoms with Gasteiger partial charge in [-0.2, -0.15) is 0 Å². The van der Waals surface area contributed by atoms with Gasteiger partial charge < -0.3 is 23.7 Å². The topological polar surface area (TPSA) is 97.6 Å². The number of aromatic nitrogens is 1. The van der Waals surface area contributed by atoms with E-state index in [2.05, 4.69) is 11.6 Å². The van der Waals surface area contributed by atoms with Gasteiger partial charge in [-0.05, 0) is 73.9 Å². The summed E-state index contributed by atoms with van der Waals surface area (Å²) in [4.78, 5) is 32.0. The van der Waals surface area contributed by atoms with Gasteiger partial charge in [-0.3, -0.25) is 9.36 Å². The van der Waals surface area contributed by atoms with Crippen molar-refractivity contribution in [2.75, 3.05) is 27.4 Å². The molecule has 0 radical (unpaired) electrons. The molecule has 5 rings (SSSR count). The van der Waals surface area contributed by atoms with Crippen molar-refractivity contribution in [3.63, 3.8) is 0 Å². The summed E-state index contributed by atoms with van der Waals surface area (Å²) < 4.78 is 30.5. The van der Waals surface area contributed by atoms with E-state index >= 15 is 0 Å². The van der Waals surface area contributed by atoms with Crippen LogP contribution in [0.25, 0.3) is 6.08 Å². The van der Waals surface area contributed by atoms with Gasteiger partial charge in [0.2, 0.25) is 0 Å². The molecule has 0 amide bonds. The number of hydrogen-bond acceptors (Lipinski definition) is 9. The Labute approximate surface area is 291 Å². The van der Waals surface area contributed by atoms with E-state index in [9.17, 15) is 9.59 Å². The van der Waals surface area contributed by atoms with Gasteiger partial charge in [0.05, 0.1) is 43.6 Å². The molecular formula is C36H34Cl2N2O7S. The Morgan fingerprint density at radius 2 is 1.75 bits per heavy atom. The molecule has 0 fully saturated rings. The number of methoxy groups -OCH3 is 2. The van der Waals surface area contributed by atoms with Gasteiger partial charge in [-0.1, -0.05) is 52.7 Å². The second kappa shape index (κ2) is 15.6. The van der Waals surface area contributed by atoms with Gasteiger partial charge in [0.15, 0.2) is 27.8 Å². The maximum atomic E-state index is 14.1. The van der Waals surface area contributed by atoms with Crippen molar-refractivity contribution < 1.29 is 28.5 Å². The van der Waals surface area contributed by atoms with E-state index in [1.54, 1.807) is 55.7 Å². The third kappa shape index (κ3) is 7.31. The highest BCUT2D eigenvalue weighted by Gasteiger charge is 2.31. The minimum absolute atomic E-state index is 0.188. The number of rotatable bonds is 13. The lowest BCUT2D eigenvalue weighted by atomic mass is 9.97. The molecular weight excluding hydrogens is 675 g/mol. The van der Waals surface area contributed by atoms with Crippen LogP contribution in [0.4, 0.5) is 0 Å². The summed E-state index contributed by atoms with van der Waals surface area (Å²) in [5.41, 5.74) is 2.79. The van der Waals surface area contributed by atoms with Gasteiger partial charge in [-0.25, -0.2) is 9.79 Å². The summed E-state index contributed by atoms with van der Waals surface area (Å²) in [6.07, 6.45) is 5.45. The number of carbonyl (C=O) groups excluding carboxylic acids is 1. The molecule has 9 nitrogen and oxygen atoms in total. The van der Waals surface area contributed by atoms with Crippen LogP contribution in [0.5, 0.6) is 23.0 Å². The van der Waals surface area contributed by atoms with E-state index in [0.29, 0.717) is 73.1 Å². The van der Waals surface area contributed by atoms with Gasteiger partial charge in [0, 0.05) is 27.4 Å². The molecule has 3 aromatic carbocycles. The van der Waals surface area contributed by atoms with E-state index in [0.717, 1.165) is 11.1 Å². The SMILES string of the molecule is C=CCc1cc(/C=c2\sc3n(c2=O)[C@@H](c2ccc(OCC)c(OCC)c2)C(C(=O)OC)=CN=3)cc(OC)c1OCc1ccc(Cl)cc1Cl. The second-order valence-corrected chi connectivity index (χ2v) is 12.3. The molecule has 4 aromatic rings. The Bertz CT molecular complexity index is 2070. The van der Waals surface area contributed by atoms with Crippen molar-refractivity contribution in [2.24, 2.45) is 4.99 Å². The molecule has 0 saturated heterocycles. The minimum Gasteiger partial charge on any atom is -0.493 e. The first-order chi connectivity index (χ1) is 23.2.